The van der Waals surface area contributed by atoms with Crippen molar-refractivity contribution in [1.82, 2.24) is 0 Å². The van der Waals surface area contributed by atoms with Crippen LogP contribution >= 0.6 is 0 Å². The van der Waals surface area contributed by atoms with E-state index < -0.39 is 18.2 Å². The van der Waals surface area contributed by atoms with Crippen molar-refractivity contribution in [2.45, 2.75) is 70.2 Å². The van der Waals surface area contributed by atoms with Crippen LogP contribution in [0.25, 0.3) is 0 Å². The number of ether oxygens (including phenoxy) is 1. The van der Waals surface area contributed by atoms with Crippen molar-refractivity contribution in [3.05, 3.63) is 41.5 Å². The molecule has 5 heteroatoms. The zero-order chi connectivity index (χ0) is 21.0. The number of carboxylic acid groups (broad SMARTS) is 1. The molecule has 1 heterocycles. The Morgan fingerprint density at radius 1 is 1.41 bits per heavy atom. The first-order valence-electron chi connectivity index (χ1n) is 10.4. The molecule has 3 N–H and O–H groups in total. The second kappa shape index (κ2) is 9.47. The number of carboxylic acids is 1. The minimum Gasteiger partial charge on any atom is -0.489 e. The van der Waals surface area contributed by atoms with Crippen LogP contribution in [0.4, 0.5) is 0 Å². The van der Waals surface area contributed by atoms with Gasteiger partial charge in [0, 0.05) is 36.7 Å². The number of aliphatic hydroxyl groups is 2. The standard InChI is InChI=1S/C24H30O5/c1-3-4-7-15(2)19(25)13-12-17-20(26)14-21-23(17)18-10-5-8-16(24(18)29-21)9-6-11-22(27)28/h5,8,10,12-13,15,17,19-21,23,25-26H,6-7,9,11,14H2,1-2H3,(H,27,28)/b13-12+/t15-,17+,19+,20+,21+,23-/m0/s1. The Hall–Kier alpha value is -2.29. The van der Waals surface area contributed by atoms with E-state index in [2.05, 4.69) is 11.8 Å². The summed E-state index contributed by atoms with van der Waals surface area (Å²) in [5.41, 5.74) is 2.11. The average Bonchev–Trinajstić information content (AvgIpc) is 3.19. The monoisotopic (exact) mass is 398 g/mol. The lowest BCUT2D eigenvalue weighted by Gasteiger charge is -2.19. The van der Waals surface area contributed by atoms with Crippen LogP contribution in [0.5, 0.6) is 5.75 Å². The van der Waals surface area contributed by atoms with E-state index in [-0.39, 0.29) is 30.3 Å². The predicted molar refractivity (Wildman–Crippen MR) is 111 cm³/mol. The van der Waals surface area contributed by atoms with Gasteiger partial charge < -0.3 is 20.1 Å². The minimum absolute atomic E-state index is 0.0287. The molecule has 1 aromatic rings. The number of hydrogen-bond acceptors (Lipinski definition) is 4. The molecule has 3 rings (SSSR count). The van der Waals surface area contributed by atoms with Crippen molar-refractivity contribution in [3.63, 3.8) is 0 Å². The lowest BCUT2D eigenvalue weighted by atomic mass is 9.86. The molecule has 1 saturated carbocycles. The van der Waals surface area contributed by atoms with Gasteiger partial charge in [-0.3, -0.25) is 4.79 Å². The van der Waals surface area contributed by atoms with Gasteiger partial charge in [-0.05, 0) is 31.2 Å². The topological polar surface area (TPSA) is 87.0 Å². The molecule has 1 aliphatic heterocycles. The van der Waals surface area contributed by atoms with E-state index in [1.54, 1.807) is 13.0 Å². The largest absolute Gasteiger partial charge is 0.489 e. The summed E-state index contributed by atoms with van der Waals surface area (Å²) in [6.07, 6.45) is 5.07. The van der Waals surface area contributed by atoms with Gasteiger partial charge in [0.2, 0.25) is 0 Å². The van der Waals surface area contributed by atoms with Crippen molar-refractivity contribution in [2.24, 2.45) is 11.8 Å². The lowest BCUT2D eigenvalue weighted by molar-refractivity contribution is -0.137. The summed E-state index contributed by atoms with van der Waals surface area (Å²) >= 11 is 0. The summed E-state index contributed by atoms with van der Waals surface area (Å²) < 4.78 is 6.21. The third kappa shape index (κ3) is 4.83. The SMILES string of the molecule is CC#CC[C@H](C)[C@H](O)/C=C/[C@H]1[C@H]2c3cccc(CCCC(=O)O)c3O[C@@H]2C[C@H]1O. The molecule has 1 fully saturated rings. The fourth-order valence-electron chi connectivity index (χ4n) is 4.41. The average molecular weight is 398 g/mol. The van der Waals surface area contributed by atoms with Crippen molar-refractivity contribution < 1.29 is 24.9 Å². The molecule has 0 spiro atoms. The lowest BCUT2D eigenvalue weighted by Crippen LogP contribution is -2.19. The van der Waals surface area contributed by atoms with Gasteiger partial charge in [-0.25, -0.2) is 0 Å². The second-order valence-electron chi connectivity index (χ2n) is 8.13. The number of hydrogen-bond donors (Lipinski definition) is 3. The molecule has 29 heavy (non-hydrogen) atoms. The Bertz CT molecular complexity index is 818. The number of para-hydroxylation sites is 1. The minimum atomic E-state index is -0.790. The summed E-state index contributed by atoms with van der Waals surface area (Å²) in [6, 6.07) is 6.01. The van der Waals surface area contributed by atoms with Crippen LogP contribution < -0.4 is 4.74 Å². The molecule has 1 aromatic carbocycles. The van der Waals surface area contributed by atoms with Crippen molar-refractivity contribution >= 4 is 5.97 Å². The first-order chi connectivity index (χ1) is 13.9. The number of aliphatic carboxylic acids is 1. The zero-order valence-electron chi connectivity index (χ0n) is 17.0. The highest BCUT2D eigenvalue weighted by atomic mass is 16.5. The van der Waals surface area contributed by atoms with E-state index in [4.69, 9.17) is 9.84 Å². The number of aryl methyl sites for hydroxylation is 1. The van der Waals surface area contributed by atoms with E-state index in [1.165, 1.54) is 0 Å². The van der Waals surface area contributed by atoms with Crippen molar-refractivity contribution in [1.29, 1.82) is 0 Å². The maximum atomic E-state index is 10.8. The second-order valence-corrected chi connectivity index (χ2v) is 8.13. The third-order valence-electron chi connectivity index (χ3n) is 6.04. The first kappa shape index (κ1) is 21.4. The molecule has 2 aliphatic rings. The molecular weight excluding hydrogens is 368 g/mol. The normalized spacial score (nSPS) is 26.9. The number of fused-ring (bicyclic) bond motifs is 3. The predicted octanol–water partition coefficient (Wildman–Crippen LogP) is 3.29. The van der Waals surface area contributed by atoms with Gasteiger partial charge in [-0.2, -0.15) is 0 Å². The first-order valence-corrected chi connectivity index (χ1v) is 10.4. The Balaban J connectivity index is 1.75. The summed E-state index contributed by atoms with van der Waals surface area (Å²) in [7, 11) is 0. The number of carbonyl (C=O) groups is 1. The summed E-state index contributed by atoms with van der Waals surface area (Å²) in [4.78, 5) is 10.8. The molecule has 0 aromatic heterocycles. The van der Waals surface area contributed by atoms with Crippen LogP contribution in [-0.4, -0.2) is 39.6 Å². The van der Waals surface area contributed by atoms with Crippen LogP contribution in [-0.2, 0) is 11.2 Å². The van der Waals surface area contributed by atoms with E-state index >= 15 is 0 Å². The molecule has 6 atom stereocenters. The number of benzene rings is 1. The highest BCUT2D eigenvalue weighted by Crippen LogP contribution is 2.52. The van der Waals surface area contributed by atoms with Gasteiger partial charge >= 0.3 is 5.97 Å². The van der Waals surface area contributed by atoms with E-state index in [9.17, 15) is 15.0 Å². The Morgan fingerprint density at radius 2 is 2.21 bits per heavy atom. The van der Waals surface area contributed by atoms with Gasteiger partial charge in [0.05, 0.1) is 12.2 Å². The third-order valence-corrected chi connectivity index (χ3v) is 6.04. The number of rotatable bonds is 8. The van der Waals surface area contributed by atoms with Crippen LogP contribution in [0.3, 0.4) is 0 Å². The molecule has 0 saturated heterocycles. The Morgan fingerprint density at radius 3 is 2.93 bits per heavy atom. The van der Waals surface area contributed by atoms with Crippen molar-refractivity contribution in [2.75, 3.05) is 0 Å². The van der Waals surface area contributed by atoms with Gasteiger partial charge in [-0.1, -0.05) is 37.3 Å². The van der Waals surface area contributed by atoms with Gasteiger partial charge in [0.1, 0.15) is 11.9 Å². The van der Waals surface area contributed by atoms with Crippen LogP contribution in [0.15, 0.2) is 30.4 Å². The number of aliphatic hydroxyl groups excluding tert-OH is 2. The highest BCUT2D eigenvalue weighted by Gasteiger charge is 2.48. The van der Waals surface area contributed by atoms with Gasteiger partial charge in [-0.15, -0.1) is 11.8 Å². The maximum Gasteiger partial charge on any atom is 0.303 e. The van der Waals surface area contributed by atoms with Crippen LogP contribution in [0.1, 0.15) is 56.6 Å². The molecule has 5 nitrogen and oxygen atoms in total. The van der Waals surface area contributed by atoms with Gasteiger partial charge in [0.25, 0.3) is 0 Å². The molecule has 156 valence electrons. The molecule has 0 bridgehead atoms. The maximum absolute atomic E-state index is 10.8. The van der Waals surface area contributed by atoms with Crippen LogP contribution in [0.2, 0.25) is 0 Å². The molecule has 1 aliphatic carbocycles. The highest BCUT2D eigenvalue weighted by molar-refractivity contribution is 5.66. The Kier molecular flexibility index (Phi) is 7.00. The van der Waals surface area contributed by atoms with E-state index in [0.29, 0.717) is 25.7 Å². The molecule has 0 amide bonds. The Labute approximate surface area is 172 Å². The quantitative estimate of drug-likeness (QED) is 0.462. The summed E-state index contributed by atoms with van der Waals surface area (Å²) in [6.45, 7) is 3.75. The summed E-state index contributed by atoms with van der Waals surface area (Å²) in [5.74, 6) is 5.87. The van der Waals surface area contributed by atoms with E-state index in [0.717, 1.165) is 16.9 Å². The van der Waals surface area contributed by atoms with Gasteiger partial charge in [0.15, 0.2) is 0 Å². The van der Waals surface area contributed by atoms with E-state index in [1.807, 2.05) is 31.2 Å². The van der Waals surface area contributed by atoms with Crippen molar-refractivity contribution in [3.8, 4) is 17.6 Å². The molecular formula is C24H30O5. The van der Waals surface area contributed by atoms with Crippen LogP contribution in [0, 0.1) is 23.7 Å². The molecule has 0 radical (unpaired) electrons. The molecule has 0 unspecified atom stereocenters. The fourth-order valence-corrected chi connectivity index (χ4v) is 4.41. The zero-order valence-corrected chi connectivity index (χ0v) is 17.0. The fraction of sp³-hybridized carbons (Fsp3) is 0.542. The smallest absolute Gasteiger partial charge is 0.303 e. The summed E-state index contributed by atoms with van der Waals surface area (Å²) in [5, 5.41) is 29.9.